The molecule has 0 amide bonds. The minimum absolute atomic E-state index is 0.0134. The normalized spacial score (nSPS) is 35.8. The molecule has 1 aliphatic heterocycles. The van der Waals surface area contributed by atoms with E-state index in [1.165, 1.54) is 38.8 Å². The van der Waals surface area contributed by atoms with Crippen LogP contribution < -0.4 is 5.43 Å². The fourth-order valence-corrected chi connectivity index (χ4v) is 2.54. The Hall–Kier alpha value is -0.120. The zero-order chi connectivity index (χ0) is 9.80. The molecule has 0 bridgehead atoms. The molecule has 2 aliphatic rings. The van der Waals surface area contributed by atoms with E-state index in [0.717, 1.165) is 25.3 Å². The molecule has 0 radical (unpaired) electrons. The number of aliphatic hydroxyl groups excluding tert-OH is 1. The van der Waals surface area contributed by atoms with Gasteiger partial charge in [-0.05, 0) is 44.4 Å². The first-order valence-corrected chi connectivity index (χ1v) is 6.01. The van der Waals surface area contributed by atoms with Crippen LogP contribution in [0.25, 0.3) is 0 Å². The van der Waals surface area contributed by atoms with E-state index in [1.54, 1.807) is 0 Å². The van der Waals surface area contributed by atoms with Crippen LogP contribution in [0.5, 0.6) is 0 Å². The highest BCUT2D eigenvalue weighted by Crippen LogP contribution is 2.24. The van der Waals surface area contributed by atoms with Crippen molar-refractivity contribution >= 4 is 0 Å². The van der Waals surface area contributed by atoms with Crippen molar-refractivity contribution in [3.8, 4) is 0 Å². The van der Waals surface area contributed by atoms with E-state index < -0.39 is 0 Å². The highest BCUT2D eigenvalue weighted by Gasteiger charge is 2.22. The molecule has 1 saturated heterocycles. The van der Waals surface area contributed by atoms with Crippen LogP contribution in [-0.4, -0.2) is 35.9 Å². The summed E-state index contributed by atoms with van der Waals surface area (Å²) >= 11 is 0. The summed E-state index contributed by atoms with van der Waals surface area (Å²) < 4.78 is 0. The van der Waals surface area contributed by atoms with Crippen molar-refractivity contribution in [2.24, 2.45) is 5.92 Å². The lowest BCUT2D eigenvalue weighted by atomic mass is 9.87. The van der Waals surface area contributed by atoms with Gasteiger partial charge in [0.05, 0.1) is 6.10 Å². The number of aliphatic hydroxyl groups is 1. The molecule has 3 heteroatoms. The van der Waals surface area contributed by atoms with Crippen LogP contribution in [0.4, 0.5) is 0 Å². The van der Waals surface area contributed by atoms with Crippen molar-refractivity contribution in [1.82, 2.24) is 10.4 Å². The van der Waals surface area contributed by atoms with E-state index >= 15 is 0 Å². The smallest absolute Gasteiger partial charge is 0.0540 e. The molecular weight excluding hydrogens is 176 g/mol. The Morgan fingerprint density at radius 3 is 2.57 bits per heavy atom. The molecule has 0 aromatic rings. The van der Waals surface area contributed by atoms with Gasteiger partial charge in [-0.1, -0.05) is 0 Å². The molecule has 0 atom stereocenters. The van der Waals surface area contributed by atoms with E-state index in [2.05, 4.69) is 10.4 Å². The molecule has 82 valence electrons. The molecule has 3 nitrogen and oxygen atoms in total. The highest BCUT2D eigenvalue weighted by atomic mass is 16.3. The van der Waals surface area contributed by atoms with Gasteiger partial charge in [-0.2, -0.15) is 0 Å². The fourth-order valence-electron chi connectivity index (χ4n) is 2.54. The summed E-state index contributed by atoms with van der Waals surface area (Å²) in [5.41, 5.74) is 3.45. The third-order valence-corrected chi connectivity index (χ3v) is 3.49. The molecule has 1 saturated carbocycles. The van der Waals surface area contributed by atoms with Gasteiger partial charge in [-0.25, -0.2) is 5.01 Å². The van der Waals surface area contributed by atoms with Gasteiger partial charge in [0.25, 0.3) is 0 Å². The monoisotopic (exact) mass is 198 g/mol. The Bertz CT molecular complexity index is 161. The quantitative estimate of drug-likeness (QED) is 0.698. The second-order valence-corrected chi connectivity index (χ2v) is 4.74. The highest BCUT2D eigenvalue weighted by molar-refractivity contribution is 4.74. The first-order valence-electron chi connectivity index (χ1n) is 6.01. The van der Waals surface area contributed by atoms with Crippen LogP contribution in [0.15, 0.2) is 0 Å². The summed E-state index contributed by atoms with van der Waals surface area (Å²) in [6.07, 6.45) is 7.08. The van der Waals surface area contributed by atoms with E-state index in [0.29, 0.717) is 0 Å². The summed E-state index contributed by atoms with van der Waals surface area (Å²) in [6, 6.07) is 0. The molecule has 0 aromatic heterocycles. The summed E-state index contributed by atoms with van der Waals surface area (Å²) in [4.78, 5) is 0. The molecular formula is C11H22N2O. The van der Waals surface area contributed by atoms with Gasteiger partial charge in [-0.15, -0.1) is 0 Å². The summed E-state index contributed by atoms with van der Waals surface area (Å²) in [5.74, 6) is 0.809. The summed E-state index contributed by atoms with van der Waals surface area (Å²) in [6.45, 7) is 3.54. The molecule has 14 heavy (non-hydrogen) atoms. The summed E-state index contributed by atoms with van der Waals surface area (Å²) in [7, 11) is 0. The van der Waals surface area contributed by atoms with Gasteiger partial charge in [0.1, 0.15) is 0 Å². The zero-order valence-corrected chi connectivity index (χ0v) is 8.91. The number of hydrogen-bond donors (Lipinski definition) is 2. The van der Waals surface area contributed by atoms with E-state index in [1.807, 2.05) is 0 Å². The van der Waals surface area contributed by atoms with Gasteiger partial charge in [-0.3, -0.25) is 5.43 Å². The minimum atomic E-state index is -0.0134. The maximum atomic E-state index is 9.40. The first kappa shape index (κ1) is 10.4. The summed E-state index contributed by atoms with van der Waals surface area (Å²) in [5, 5.41) is 11.8. The van der Waals surface area contributed by atoms with Crippen LogP contribution in [-0.2, 0) is 0 Å². The number of nitrogens with one attached hydrogen (secondary N) is 1. The van der Waals surface area contributed by atoms with E-state index in [4.69, 9.17) is 0 Å². The maximum Gasteiger partial charge on any atom is 0.0540 e. The van der Waals surface area contributed by atoms with Crippen molar-refractivity contribution < 1.29 is 5.11 Å². The standard InChI is InChI=1S/C11H22N2O/c14-11-5-3-10(4-6-11)9-13-8-2-1-7-12-13/h10-12,14H,1-9H2. The van der Waals surface area contributed by atoms with Gasteiger partial charge in [0.2, 0.25) is 0 Å². The molecule has 0 unspecified atom stereocenters. The first-order chi connectivity index (χ1) is 6.84. The fraction of sp³-hybridized carbons (Fsp3) is 1.00. The van der Waals surface area contributed by atoms with E-state index in [9.17, 15) is 5.11 Å². The minimum Gasteiger partial charge on any atom is -0.393 e. The van der Waals surface area contributed by atoms with Gasteiger partial charge >= 0.3 is 0 Å². The van der Waals surface area contributed by atoms with Gasteiger partial charge < -0.3 is 5.11 Å². The Balaban J connectivity index is 1.68. The van der Waals surface area contributed by atoms with Crippen molar-refractivity contribution in [2.75, 3.05) is 19.6 Å². The predicted molar refractivity (Wildman–Crippen MR) is 56.8 cm³/mol. The van der Waals surface area contributed by atoms with Crippen LogP contribution in [0.3, 0.4) is 0 Å². The van der Waals surface area contributed by atoms with Crippen LogP contribution in [0.1, 0.15) is 38.5 Å². The lowest BCUT2D eigenvalue weighted by Gasteiger charge is -2.33. The lowest BCUT2D eigenvalue weighted by Crippen LogP contribution is -2.46. The van der Waals surface area contributed by atoms with Crippen molar-refractivity contribution in [3.05, 3.63) is 0 Å². The van der Waals surface area contributed by atoms with Gasteiger partial charge in [0, 0.05) is 19.6 Å². The Morgan fingerprint density at radius 2 is 1.93 bits per heavy atom. The van der Waals surface area contributed by atoms with Crippen LogP contribution in [0, 0.1) is 5.92 Å². The molecule has 1 aliphatic carbocycles. The number of nitrogens with zero attached hydrogens (tertiary/aromatic N) is 1. The second-order valence-electron chi connectivity index (χ2n) is 4.74. The largest absolute Gasteiger partial charge is 0.393 e. The Labute approximate surface area is 86.5 Å². The number of hydrazine groups is 1. The molecule has 2 rings (SSSR count). The maximum absolute atomic E-state index is 9.40. The third kappa shape index (κ3) is 2.94. The molecule has 0 spiro atoms. The topological polar surface area (TPSA) is 35.5 Å². The van der Waals surface area contributed by atoms with Crippen molar-refractivity contribution in [3.63, 3.8) is 0 Å². The average molecular weight is 198 g/mol. The van der Waals surface area contributed by atoms with Crippen LogP contribution in [0.2, 0.25) is 0 Å². The zero-order valence-electron chi connectivity index (χ0n) is 8.91. The van der Waals surface area contributed by atoms with Crippen LogP contribution >= 0.6 is 0 Å². The lowest BCUT2D eigenvalue weighted by molar-refractivity contribution is 0.0723. The molecule has 1 heterocycles. The third-order valence-electron chi connectivity index (χ3n) is 3.49. The van der Waals surface area contributed by atoms with Crippen molar-refractivity contribution in [1.29, 1.82) is 0 Å². The van der Waals surface area contributed by atoms with Crippen molar-refractivity contribution in [2.45, 2.75) is 44.6 Å². The number of hydrogen-bond acceptors (Lipinski definition) is 3. The molecule has 0 aromatic carbocycles. The molecule has 2 fully saturated rings. The Morgan fingerprint density at radius 1 is 1.14 bits per heavy atom. The molecule has 2 N–H and O–H groups in total. The second kappa shape index (κ2) is 5.10. The van der Waals surface area contributed by atoms with Gasteiger partial charge in [0.15, 0.2) is 0 Å². The number of rotatable bonds is 2. The average Bonchev–Trinajstić information content (AvgIpc) is 2.23. The predicted octanol–water partition coefficient (Wildman–Crippen LogP) is 1.14. The Kier molecular flexibility index (Phi) is 3.79. The van der Waals surface area contributed by atoms with E-state index in [-0.39, 0.29) is 6.10 Å². The SMILES string of the molecule is OC1CCC(CN2CCCCN2)CC1.